The first-order chi connectivity index (χ1) is 16.1. The van der Waals surface area contributed by atoms with Gasteiger partial charge in [-0.2, -0.15) is 4.98 Å². The quantitative estimate of drug-likeness (QED) is 0.248. The second kappa shape index (κ2) is 8.54. The molecule has 166 valence electrons. The normalized spacial score (nSPS) is 11.1. The number of nitrogens with zero attached hydrogens (tertiary/aromatic N) is 2. The van der Waals surface area contributed by atoms with Gasteiger partial charge in [-0.25, -0.2) is 4.98 Å². The first-order valence-electron chi connectivity index (χ1n) is 10.5. The Morgan fingerprint density at radius 1 is 1.12 bits per heavy atom. The zero-order chi connectivity index (χ0) is 22.8. The van der Waals surface area contributed by atoms with Gasteiger partial charge in [0.05, 0.1) is 7.11 Å². The highest BCUT2D eigenvalue weighted by Crippen LogP contribution is 2.25. The Balaban J connectivity index is 1.25. The molecule has 6 N–H and O–H groups in total. The maximum atomic E-state index is 11.4. The average Bonchev–Trinajstić information content (AvgIpc) is 3.43. The molecule has 2 aromatic carbocycles. The lowest BCUT2D eigenvalue weighted by Gasteiger charge is -2.09. The Morgan fingerprint density at radius 3 is 2.85 bits per heavy atom. The number of hydrogen-bond acceptors (Lipinski definition) is 6. The standard InChI is InChI=1S/C24H23N7O2/c1-33-17-3-5-20-18(12-17)14(13-28-20)6-8-26-24-27-9-7-22(31-24)29-16-2-4-19-15(10-16)11-21(30-19)23(25)32/h2-5,7,9-13,28,30H,6,8H2,1H3,(H2,25,32)(H2,26,27,29,31). The second-order valence-corrected chi connectivity index (χ2v) is 7.64. The number of fused-ring (bicyclic) bond motifs is 2. The summed E-state index contributed by atoms with van der Waals surface area (Å²) < 4.78 is 5.34. The zero-order valence-electron chi connectivity index (χ0n) is 18.0. The van der Waals surface area contributed by atoms with Crippen molar-refractivity contribution >= 4 is 45.2 Å². The van der Waals surface area contributed by atoms with E-state index in [4.69, 9.17) is 10.5 Å². The van der Waals surface area contributed by atoms with Crippen molar-refractivity contribution in [1.82, 2.24) is 19.9 Å². The number of rotatable bonds is 8. The Bertz CT molecular complexity index is 1450. The summed E-state index contributed by atoms with van der Waals surface area (Å²) in [6.07, 6.45) is 4.53. The van der Waals surface area contributed by atoms with Gasteiger partial charge in [0.15, 0.2) is 0 Å². The molecular formula is C24H23N7O2. The summed E-state index contributed by atoms with van der Waals surface area (Å²) in [5.74, 6) is 1.55. The van der Waals surface area contributed by atoms with Crippen LogP contribution in [0.2, 0.25) is 0 Å². The van der Waals surface area contributed by atoms with Gasteiger partial charge in [-0.05, 0) is 60.5 Å². The number of anilines is 3. The highest BCUT2D eigenvalue weighted by Gasteiger charge is 2.08. The molecule has 3 heterocycles. The molecule has 33 heavy (non-hydrogen) atoms. The molecule has 0 aliphatic heterocycles. The lowest BCUT2D eigenvalue weighted by Crippen LogP contribution is -2.10. The third-order valence-corrected chi connectivity index (χ3v) is 5.47. The summed E-state index contributed by atoms with van der Waals surface area (Å²) in [5, 5.41) is 8.59. The van der Waals surface area contributed by atoms with E-state index in [2.05, 4.69) is 30.6 Å². The van der Waals surface area contributed by atoms with Gasteiger partial charge in [-0.3, -0.25) is 4.79 Å². The minimum absolute atomic E-state index is 0.379. The second-order valence-electron chi connectivity index (χ2n) is 7.64. The van der Waals surface area contributed by atoms with Crippen LogP contribution in [0.5, 0.6) is 5.75 Å². The molecule has 0 aliphatic rings. The number of carbonyl (C=O) groups is 1. The number of methoxy groups -OCH3 is 1. The number of nitrogens with one attached hydrogen (secondary N) is 4. The average molecular weight is 441 g/mol. The molecule has 0 fully saturated rings. The number of H-pyrrole nitrogens is 2. The molecule has 0 aliphatic carbocycles. The molecule has 0 saturated carbocycles. The summed E-state index contributed by atoms with van der Waals surface area (Å²) in [6, 6.07) is 15.3. The fourth-order valence-electron chi connectivity index (χ4n) is 3.80. The minimum Gasteiger partial charge on any atom is -0.497 e. The highest BCUT2D eigenvalue weighted by atomic mass is 16.5. The Kier molecular flexibility index (Phi) is 5.27. The fourth-order valence-corrected chi connectivity index (χ4v) is 3.80. The molecule has 3 aromatic heterocycles. The Hall–Kier alpha value is -4.53. The van der Waals surface area contributed by atoms with Crippen molar-refractivity contribution in [2.24, 2.45) is 5.73 Å². The molecule has 0 atom stereocenters. The van der Waals surface area contributed by atoms with E-state index in [9.17, 15) is 4.79 Å². The number of ether oxygens (including phenoxy) is 1. The number of benzene rings is 2. The predicted molar refractivity (Wildman–Crippen MR) is 129 cm³/mol. The number of hydrogen-bond donors (Lipinski definition) is 5. The predicted octanol–water partition coefficient (Wildman–Crippen LogP) is 3.94. The largest absolute Gasteiger partial charge is 0.497 e. The van der Waals surface area contributed by atoms with Crippen LogP contribution in [0.15, 0.2) is 60.9 Å². The first kappa shape index (κ1) is 20.4. The Morgan fingerprint density at radius 2 is 2.00 bits per heavy atom. The van der Waals surface area contributed by atoms with Gasteiger partial charge in [-0.1, -0.05) is 0 Å². The summed E-state index contributed by atoms with van der Waals surface area (Å²) in [4.78, 5) is 26.5. The van der Waals surface area contributed by atoms with Crippen molar-refractivity contribution in [2.75, 3.05) is 24.3 Å². The van der Waals surface area contributed by atoms with Gasteiger partial charge in [0.1, 0.15) is 17.3 Å². The van der Waals surface area contributed by atoms with Crippen LogP contribution in [0.1, 0.15) is 16.1 Å². The molecular weight excluding hydrogens is 418 g/mol. The van der Waals surface area contributed by atoms with E-state index < -0.39 is 5.91 Å². The van der Waals surface area contributed by atoms with Crippen LogP contribution in [-0.2, 0) is 6.42 Å². The van der Waals surface area contributed by atoms with Gasteiger partial charge < -0.3 is 31.1 Å². The number of primary amides is 1. The minimum atomic E-state index is -0.487. The summed E-state index contributed by atoms with van der Waals surface area (Å²) >= 11 is 0. The highest BCUT2D eigenvalue weighted by molar-refractivity contribution is 5.97. The van der Waals surface area contributed by atoms with Gasteiger partial charge >= 0.3 is 0 Å². The topological polar surface area (TPSA) is 134 Å². The first-order valence-corrected chi connectivity index (χ1v) is 10.5. The number of amides is 1. The maximum absolute atomic E-state index is 11.4. The maximum Gasteiger partial charge on any atom is 0.265 e. The van der Waals surface area contributed by atoms with Crippen LogP contribution in [-0.4, -0.2) is 39.5 Å². The van der Waals surface area contributed by atoms with Crippen molar-refractivity contribution in [3.63, 3.8) is 0 Å². The molecule has 5 rings (SSSR count). The van der Waals surface area contributed by atoms with Crippen molar-refractivity contribution in [3.8, 4) is 5.75 Å². The number of carbonyl (C=O) groups excluding carboxylic acids is 1. The monoisotopic (exact) mass is 441 g/mol. The van der Waals surface area contributed by atoms with Crippen molar-refractivity contribution in [1.29, 1.82) is 0 Å². The van der Waals surface area contributed by atoms with E-state index in [0.717, 1.165) is 39.7 Å². The number of aromatic nitrogens is 4. The molecule has 9 nitrogen and oxygen atoms in total. The SMILES string of the molecule is COc1ccc2[nH]cc(CCNc3nccc(Nc4ccc5[nH]c(C(N)=O)cc5c4)n3)c2c1. The molecule has 5 aromatic rings. The van der Waals surface area contributed by atoms with E-state index in [-0.39, 0.29) is 0 Å². The van der Waals surface area contributed by atoms with E-state index in [1.807, 2.05) is 42.6 Å². The summed E-state index contributed by atoms with van der Waals surface area (Å²) in [5.41, 5.74) is 9.69. The van der Waals surface area contributed by atoms with Gasteiger partial charge in [-0.15, -0.1) is 0 Å². The molecule has 0 unspecified atom stereocenters. The number of nitrogens with two attached hydrogens (primary N) is 1. The Labute approximate surface area is 189 Å². The van der Waals surface area contributed by atoms with E-state index >= 15 is 0 Å². The van der Waals surface area contributed by atoms with Gasteiger partial charge in [0.25, 0.3) is 5.91 Å². The molecule has 0 saturated heterocycles. The van der Waals surface area contributed by atoms with Crippen LogP contribution in [0.25, 0.3) is 21.8 Å². The van der Waals surface area contributed by atoms with Gasteiger partial charge in [0.2, 0.25) is 5.95 Å². The number of aromatic amines is 2. The fraction of sp³-hybridized carbons (Fsp3) is 0.125. The van der Waals surface area contributed by atoms with E-state index in [1.54, 1.807) is 25.4 Å². The van der Waals surface area contributed by atoms with E-state index in [1.165, 1.54) is 5.56 Å². The van der Waals surface area contributed by atoms with Gasteiger partial charge in [0, 0.05) is 46.4 Å². The van der Waals surface area contributed by atoms with Crippen molar-refractivity contribution in [2.45, 2.75) is 6.42 Å². The van der Waals surface area contributed by atoms with Crippen molar-refractivity contribution in [3.05, 3.63) is 72.2 Å². The zero-order valence-corrected chi connectivity index (χ0v) is 18.0. The third-order valence-electron chi connectivity index (χ3n) is 5.47. The van der Waals surface area contributed by atoms with Crippen LogP contribution in [0, 0.1) is 0 Å². The van der Waals surface area contributed by atoms with E-state index in [0.29, 0.717) is 24.0 Å². The molecule has 1 amide bonds. The molecule has 9 heteroatoms. The lowest BCUT2D eigenvalue weighted by molar-refractivity contribution is 0.0996. The van der Waals surface area contributed by atoms with Crippen LogP contribution >= 0.6 is 0 Å². The lowest BCUT2D eigenvalue weighted by atomic mass is 10.1. The van der Waals surface area contributed by atoms with Crippen LogP contribution in [0.4, 0.5) is 17.5 Å². The third kappa shape index (κ3) is 4.29. The summed E-state index contributed by atoms with van der Waals surface area (Å²) in [6.45, 7) is 0.679. The molecule has 0 bridgehead atoms. The van der Waals surface area contributed by atoms with Crippen LogP contribution in [0.3, 0.4) is 0 Å². The molecule has 0 spiro atoms. The van der Waals surface area contributed by atoms with Crippen LogP contribution < -0.4 is 21.1 Å². The molecule has 0 radical (unpaired) electrons. The smallest absolute Gasteiger partial charge is 0.265 e. The van der Waals surface area contributed by atoms with Crippen molar-refractivity contribution < 1.29 is 9.53 Å². The summed E-state index contributed by atoms with van der Waals surface area (Å²) in [7, 11) is 1.67.